The van der Waals surface area contributed by atoms with Gasteiger partial charge in [0, 0.05) is 33.5 Å². The van der Waals surface area contributed by atoms with Gasteiger partial charge in [0.2, 0.25) is 0 Å². The van der Waals surface area contributed by atoms with E-state index in [1.54, 1.807) is 12.1 Å². The minimum absolute atomic E-state index is 0.000178. The highest BCUT2D eigenvalue weighted by atomic mass is 32.2. The third kappa shape index (κ3) is 8.49. The number of nitrogen functional groups attached to an aromatic ring is 1. The molecule has 0 spiro atoms. The number of anilines is 1. The highest BCUT2D eigenvalue weighted by molar-refractivity contribution is 7.99. The van der Waals surface area contributed by atoms with Gasteiger partial charge < -0.3 is 21.5 Å². The van der Waals surface area contributed by atoms with E-state index in [0.717, 1.165) is 10.5 Å². The number of carbonyl (C=O) groups is 1. The van der Waals surface area contributed by atoms with Crippen LogP contribution in [0.2, 0.25) is 0 Å². The molecule has 32 heavy (non-hydrogen) atoms. The number of nitrogens with one attached hydrogen (secondary N) is 2. The van der Waals surface area contributed by atoms with E-state index in [1.807, 2.05) is 39.0 Å². The molecular weight excluding hydrogens is 418 g/mol. The van der Waals surface area contributed by atoms with Gasteiger partial charge in [-0.05, 0) is 84.2 Å². The van der Waals surface area contributed by atoms with E-state index in [0.29, 0.717) is 23.4 Å². The summed E-state index contributed by atoms with van der Waals surface area (Å²) in [5, 5.41) is 17.4. The zero-order chi connectivity index (χ0) is 24.1. The Balaban J connectivity index is 2.10. The highest BCUT2D eigenvalue weighted by Gasteiger charge is 2.21. The Labute approximate surface area is 197 Å². The average Bonchev–Trinajstić information content (AvgIpc) is 2.64. The van der Waals surface area contributed by atoms with Crippen LogP contribution in [0.25, 0.3) is 0 Å². The molecule has 2 rings (SSSR count). The lowest BCUT2D eigenvalue weighted by Crippen LogP contribution is -2.40. The minimum atomic E-state index is -0.543. The molecule has 0 radical (unpaired) electrons. The van der Waals surface area contributed by atoms with Crippen molar-refractivity contribution in [3.8, 4) is 0 Å². The lowest BCUT2D eigenvalue weighted by Gasteiger charge is -2.28. The molecule has 0 saturated heterocycles. The summed E-state index contributed by atoms with van der Waals surface area (Å²) < 4.78 is 0. The van der Waals surface area contributed by atoms with Gasteiger partial charge in [-0.15, -0.1) is 11.8 Å². The second kappa shape index (κ2) is 10.7. The van der Waals surface area contributed by atoms with Crippen molar-refractivity contribution in [2.24, 2.45) is 0 Å². The summed E-state index contributed by atoms with van der Waals surface area (Å²) in [5.41, 5.74) is 9.01. The number of benzene rings is 2. The van der Waals surface area contributed by atoms with Crippen molar-refractivity contribution in [3.63, 3.8) is 0 Å². The van der Waals surface area contributed by atoms with Crippen molar-refractivity contribution in [2.45, 2.75) is 83.0 Å². The Hall–Kier alpha value is -2.02. The third-order valence-corrected chi connectivity index (χ3v) is 6.01. The van der Waals surface area contributed by atoms with Crippen LogP contribution in [-0.2, 0) is 6.42 Å². The average molecular weight is 458 g/mol. The lowest BCUT2D eigenvalue weighted by atomic mass is 9.95. The van der Waals surface area contributed by atoms with Gasteiger partial charge in [-0.2, -0.15) is 0 Å². The standard InChI is InChI=1S/C26H39N3O2S/c1-17(28-25(2,3)4)21-11-9-8-10-18(21)14-20(30)16-32-23-13-12-19(27)15-22(23)24(31)29-26(5,6)7/h8-13,15,17,20,28,30H,14,16,27H2,1-7H3,(H,29,31). The van der Waals surface area contributed by atoms with Crippen molar-refractivity contribution in [1.82, 2.24) is 10.6 Å². The van der Waals surface area contributed by atoms with Crippen molar-refractivity contribution < 1.29 is 9.90 Å². The number of aliphatic hydroxyl groups is 1. The van der Waals surface area contributed by atoms with E-state index < -0.39 is 6.10 Å². The van der Waals surface area contributed by atoms with E-state index in [2.05, 4.69) is 50.5 Å². The van der Waals surface area contributed by atoms with E-state index in [-0.39, 0.29) is 23.0 Å². The van der Waals surface area contributed by atoms with Crippen LogP contribution in [0.4, 0.5) is 5.69 Å². The summed E-state index contributed by atoms with van der Waals surface area (Å²) in [6.45, 7) is 14.4. The Bertz CT molecular complexity index is 916. The maximum Gasteiger partial charge on any atom is 0.252 e. The zero-order valence-corrected chi connectivity index (χ0v) is 21.3. The van der Waals surface area contributed by atoms with E-state index in [9.17, 15) is 9.90 Å². The number of rotatable bonds is 8. The van der Waals surface area contributed by atoms with Crippen molar-refractivity contribution >= 4 is 23.4 Å². The smallest absolute Gasteiger partial charge is 0.252 e. The molecule has 5 nitrogen and oxygen atoms in total. The fourth-order valence-corrected chi connectivity index (χ4v) is 4.59. The van der Waals surface area contributed by atoms with Crippen LogP contribution >= 0.6 is 11.8 Å². The molecule has 2 aromatic rings. The van der Waals surface area contributed by atoms with Gasteiger partial charge >= 0.3 is 0 Å². The third-order valence-electron chi connectivity index (χ3n) is 4.79. The van der Waals surface area contributed by atoms with Gasteiger partial charge in [-0.3, -0.25) is 4.79 Å². The molecule has 2 aromatic carbocycles. The van der Waals surface area contributed by atoms with Crippen molar-refractivity contribution in [2.75, 3.05) is 11.5 Å². The molecule has 0 aliphatic carbocycles. The highest BCUT2D eigenvalue weighted by Crippen LogP contribution is 2.28. The van der Waals surface area contributed by atoms with E-state index in [4.69, 9.17) is 5.73 Å². The fraction of sp³-hybridized carbons (Fsp3) is 0.500. The van der Waals surface area contributed by atoms with Crippen LogP contribution in [0, 0.1) is 0 Å². The molecular formula is C26H39N3O2S. The summed E-state index contributed by atoms with van der Waals surface area (Å²) >= 11 is 1.48. The van der Waals surface area contributed by atoms with Gasteiger partial charge in [0.15, 0.2) is 0 Å². The summed E-state index contributed by atoms with van der Waals surface area (Å²) in [4.78, 5) is 13.6. The second-order valence-electron chi connectivity index (χ2n) is 10.4. The maximum atomic E-state index is 12.8. The van der Waals surface area contributed by atoms with Crippen LogP contribution in [0.3, 0.4) is 0 Å². The number of thioether (sulfide) groups is 1. The molecule has 0 aliphatic rings. The maximum absolute atomic E-state index is 12.8. The predicted molar refractivity (Wildman–Crippen MR) is 136 cm³/mol. The van der Waals surface area contributed by atoms with Gasteiger partial charge in [-0.25, -0.2) is 0 Å². The number of hydrogen-bond donors (Lipinski definition) is 4. The summed E-state index contributed by atoms with van der Waals surface area (Å²) in [6, 6.07) is 13.8. The summed E-state index contributed by atoms with van der Waals surface area (Å²) in [5.74, 6) is 0.323. The quantitative estimate of drug-likeness (QED) is 0.333. The van der Waals surface area contributed by atoms with Crippen LogP contribution in [-0.4, -0.2) is 33.9 Å². The Morgan fingerprint density at radius 1 is 1.06 bits per heavy atom. The van der Waals surface area contributed by atoms with Crippen LogP contribution in [0.5, 0.6) is 0 Å². The number of aliphatic hydroxyl groups excluding tert-OH is 1. The molecule has 0 aromatic heterocycles. The monoisotopic (exact) mass is 457 g/mol. The fourth-order valence-electron chi connectivity index (χ4n) is 3.63. The van der Waals surface area contributed by atoms with Crippen LogP contribution < -0.4 is 16.4 Å². The minimum Gasteiger partial charge on any atom is -0.399 e. The van der Waals surface area contributed by atoms with E-state index in [1.165, 1.54) is 17.3 Å². The topological polar surface area (TPSA) is 87.4 Å². The molecule has 0 aliphatic heterocycles. The SMILES string of the molecule is CC(NC(C)(C)C)c1ccccc1CC(O)CSc1ccc(N)cc1C(=O)NC(C)(C)C. The van der Waals surface area contributed by atoms with Crippen molar-refractivity contribution in [1.29, 1.82) is 0 Å². The van der Waals surface area contributed by atoms with Crippen molar-refractivity contribution in [3.05, 3.63) is 59.2 Å². The summed E-state index contributed by atoms with van der Waals surface area (Å²) in [7, 11) is 0. The normalized spacial score (nSPS) is 14.1. The van der Waals surface area contributed by atoms with E-state index >= 15 is 0 Å². The molecule has 2 atom stereocenters. The van der Waals surface area contributed by atoms with Crippen LogP contribution in [0.1, 0.15) is 76.0 Å². The van der Waals surface area contributed by atoms with Gasteiger partial charge in [-0.1, -0.05) is 24.3 Å². The van der Waals surface area contributed by atoms with Gasteiger partial charge in [0.25, 0.3) is 5.91 Å². The molecule has 6 heteroatoms. The first-order valence-corrected chi connectivity index (χ1v) is 12.1. The number of nitrogens with two attached hydrogens (primary N) is 1. The predicted octanol–water partition coefficient (Wildman–Crippen LogP) is 4.94. The first kappa shape index (κ1) is 26.2. The number of hydrogen-bond acceptors (Lipinski definition) is 5. The lowest BCUT2D eigenvalue weighted by molar-refractivity contribution is 0.0916. The molecule has 0 bridgehead atoms. The number of carbonyl (C=O) groups excluding carboxylic acids is 1. The first-order chi connectivity index (χ1) is 14.7. The molecule has 2 unspecified atom stereocenters. The van der Waals surface area contributed by atoms with Gasteiger partial charge in [0.05, 0.1) is 11.7 Å². The summed E-state index contributed by atoms with van der Waals surface area (Å²) in [6.07, 6.45) is 0.0109. The molecule has 0 heterocycles. The molecule has 176 valence electrons. The Morgan fingerprint density at radius 2 is 1.72 bits per heavy atom. The van der Waals surface area contributed by atoms with Crippen LogP contribution in [0.15, 0.2) is 47.4 Å². The second-order valence-corrected chi connectivity index (χ2v) is 11.5. The molecule has 0 saturated carbocycles. The molecule has 1 amide bonds. The number of amides is 1. The zero-order valence-electron chi connectivity index (χ0n) is 20.5. The molecule has 5 N–H and O–H groups in total. The van der Waals surface area contributed by atoms with Gasteiger partial charge in [0.1, 0.15) is 0 Å². The molecule has 0 fully saturated rings. The first-order valence-electron chi connectivity index (χ1n) is 11.1. The largest absolute Gasteiger partial charge is 0.399 e. The Kier molecular flexibility index (Phi) is 8.80. The Morgan fingerprint density at radius 3 is 2.34 bits per heavy atom.